The molecule has 110 valence electrons. The predicted molar refractivity (Wildman–Crippen MR) is 84.6 cm³/mol. The highest BCUT2D eigenvalue weighted by atomic mass is 35.5. The number of carbonyl (C=O) groups excluding carboxylic acids is 1. The summed E-state index contributed by atoms with van der Waals surface area (Å²) < 4.78 is 13.4. The lowest BCUT2D eigenvalue weighted by Gasteiger charge is -2.09. The maximum Gasteiger partial charge on any atom is 0.226 e. The van der Waals surface area contributed by atoms with Crippen molar-refractivity contribution in [2.45, 2.75) is 6.42 Å². The predicted octanol–water partition coefficient (Wildman–Crippen LogP) is 4.57. The molecule has 0 saturated heterocycles. The molecule has 0 aliphatic carbocycles. The number of para-hydroxylation sites is 1. The summed E-state index contributed by atoms with van der Waals surface area (Å²) in [5.74, 6) is -0.748. The van der Waals surface area contributed by atoms with Gasteiger partial charge in [-0.3, -0.25) is 4.79 Å². The molecule has 2 rings (SSSR count). The van der Waals surface area contributed by atoms with Gasteiger partial charge in [-0.05, 0) is 30.3 Å². The van der Waals surface area contributed by atoms with Crippen molar-refractivity contribution in [2.24, 2.45) is 0 Å². The number of anilines is 2. The first-order chi connectivity index (χ1) is 10.1. The van der Waals surface area contributed by atoms with E-state index in [1.54, 1.807) is 30.3 Å². The maximum absolute atomic E-state index is 13.4. The Morgan fingerprint density at radius 2 is 1.86 bits per heavy atom. The second-order valence-electron chi connectivity index (χ2n) is 4.33. The van der Waals surface area contributed by atoms with Gasteiger partial charge in [-0.1, -0.05) is 35.3 Å². The van der Waals surface area contributed by atoms with Crippen LogP contribution in [0.15, 0.2) is 42.5 Å². The zero-order valence-corrected chi connectivity index (χ0v) is 12.5. The van der Waals surface area contributed by atoms with Gasteiger partial charge in [0.15, 0.2) is 0 Å². The Morgan fingerprint density at radius 3 is 2.62 bits per heavy atom. The zero-order chi connectivity index (χ0) is 15.2. The second kappa shape index (κ2) is 7.29. The number of benzene rings is 2. The van der Waals surface area contributed by atoms with Crippen LogP contribution >= 0.6 is 23.2 Å². The van der Waals surface area contributed by atoms with Crippen LogP contribution in [0.25, 0.3) is 0 Å². The van der Waals surface area contributed by atoms with Crippen molar-refractivity contribution in [3.05, 3.63) is 58.3 Å². The summed E-state index contributed by atoms with van der Waals surface area (Å²) in [5.41, 5.74) is 0.825. The quantitative estimate of drug-likeness (QED) is 0.844. The van der Waals surface area contributed by atoms with E-state index in [9.17, 15) is 9.18 Å². The summed E-state index contributed by atoms with van der Waals surface area (Å²) in [6, 6.07) is 11.1. The van der Waals surface area contributed by atoms with Crippen LogP contribution in [0.5, 0.6) is 0 Å². The fraction of sp³-hybridized carbons (Fsp3) is 0.133. The summed E-state index contributed by atoms with van der Waals surface area (Å²) in [4.78, 5) is 11.7. The molecule has 2 aromatic rings. The molecule has 2 N–H and O–H groups in total. The van der Waals surface area contributed by atoms with Gasteiger partial charge in [-0.25, -0.2) is 4.39 Å². The van der Waals surface area contributed by atoms with E-state index < -0.39 is 5.82 Å². The summed E-state index contributed by atoms with van der Waals surface area (Å²) in [6.45, 7) is 0.361. The molecule has 6 heteroatoms. The number of nitrogens with one attached hydrogen (secondary N) is 2. The average molecular weight is 327 g/mol. The van der Waals surface area contributed by atoms with E-state index in [2.05, 4.69) is 10.6 Å². The first-order valence-corrected chi connectivity index (χ1v) is 7.05. The maximum atomic E-state index is 13.4. The van der Waals surface area contributed by atoms with Crippen LogP contribution in [0.4, 0.5) is 15.8 Å². The molecule has 0 aliphatic rings. The normalized spacial score (nSPS) is 10.2. The molecule has 1 amide bonds. The van der Waals surface area contributed by atoms with Crippen molar-refractivity contribution in [2.75, 3.05) is 17.2 Å². The lowest BCUT2D eigenvalue weighted by molar-refractivity contribution is -0.116. The minimum atomic E-state index is -0.461. The van der Waals surface area contributed by atoms with Gasteiger partial charge < -0.3 is 10.6 Å². The van der Waals surface area contributed by atoms with Crippen LogP contribution in [0.2, 0.25) is 10.0 Å². The summed E-state index contributed by atoms with van der Waals surface area (Å²) >= 11 is 11.9. The van der Waals surface area contributed by atoms with E-state index in [0.29, 0.717) is 22.3 Å². The van der Waals surface area contributed by atoms with Crippen LogP contribution in [0.1, 0.15) is 6.42 Å². The van der Waals surface area contributed by atoms with Crippen LogP contribution < -0.4 is 10.6 Å². The lowest BCUT2D eigenvalue weighted by atomic mass is 10.3. The number of carbonyl (C=O) groups is 1. The van der Waals surface area contributed by atoms with Gasteiger partial charge in [0.25, 0.3) is 0 Å². The van der Waals surface area contributed by atoms with E-state index in [1.807, 2.05) is 0 Å². The van der Waals surface area contributed by atoms with E-state index in [4.69, 9.17) is 23.2 Å². The van der Waals surface area contributed by atoms with Crippen LogP contribution in [0, 0.1) is 5.82 Å². The van der Waals surface area contributed by atoms with Crippen molar-refractivity contribution in [3.63, 3.8) is 0 Å². The van der Waals surface area contributed by atoms with Crippen LogP contribution in [-0.2, 0) is 4.79 Å². The van der Waals surface area contributed by atoms with E-state index in [1.165, 1.54) is 12.1 Å². The topological polar surface area (TPSA) is 41.1 Å². The van der Waals surface area contributed by atoms with Crippen LogP contribution in [0.3, 0.4) is 0 Å². The largest absolute Gasteiger partial charge is 0.383 e. The summed E-state index contributed by atoms with van der Waals surface area (Å²) in [5, 5.41) is 6.60. The highest BCUT2D eigenvalue weighted by molar-refractivity contribution is 6.35. The van der Waals surface area contributed by atoms with Crippen molar-refractivity contribution >= 4 is 40.5 Å². The lowest BCUT2D eigenvalue weighted by Crippen LogP contribution is -2.17. The van der Waals surface area contributed by atoms with E-state index in [-0.39, 0.29) is 18.0 Å². The number of hydrogen-bond acceptors (Lipinski definition) is 2. The molecule has 2 aromatic carbocycles. The van der Waals surface area contributed by atoms with Crippen molar-refractivity contribution < 1.29 is 9.18 Å². The highest BCUT2D eigenvalue weighted by Gasteiger charge is 2.07. The highest BCUT2D eigenvalue weighted by Crippen LogP contribution is 2.25. The van der Waals surface area contributed by atoms with Gasteiger partial charge >= 0.3 is 0 Å². The molecule has 0 radical (unpaired) electrons. The number of amides is 1. The van der Waals surface area contributed by atoms with Crippen molar-refractivity contribution in [1.82, 2.24) is 0 Å². The van der Waals surface area contributed by atoms with E-state index >= 15 is 0 Å². The molecule has 0 saturated carbocycles. The molecule has 3 nitrogen and oxygen atoms in total. The molecule has 0 aliphatic heterocycles. The van der Waals surface area contributed by atoms with Crippen molar-refractivity contribution in [1.29, 1.82) is 0 Å². The van der Waals surface area contributed by atoms with Gasteiger partial charge in [0, 0.05) is 18.0 Å². The monoisotopic (exact) mass is 326 g/mol. The molecular formula is C15H13Cl2FN2O. The first kappa shape index (κ1) is 15.6. The third-order valence-corrected chi connectivity index (χ3v) is 3.31. The van der Waals surface area contributed by atoms with Gasteiger partial charge in [0.05, 0.1) is 16.4 Å². The third-order valence-electron chi connectivity index (χ3n) is 2.74. The zero-order valence-electron chi connectivity index (χ0n) is 11.0. The molecule has 0 bridgehead atoms. The molecule has 0 aromatic heterocycles. The van der Waals surface area contributed by atoms with Gasteiger partial charge in [-0.2, -0.15) is 0 Å². The number of halogens is 3. The molecule has 0 spiro atoms. The van der Waals surface area contributed by atoms with E-state index in [0.717, 1.165) is 0 Å². The Bertz CT molecular complexity index is 649. The first-order valence-electron chi connectivity index (χ1n) is 6.29. The van der Waals surface area contributed by atoms with Crippen molar-refractivity contribution in [3.8, 4) is 0 Å². The molecule has 21 heavy (non-hydrogen) atoms. The van der Waals surface area contributed by atoms with Gasteiger partial charge in [-0.15, -0.1) is 0 Å². The molecule has 0 unspecified atom stereocenters. The number of rotatable bonds is 5. The van der Waals surface area contributed by atoms with Gasteiger partial charge in [0.2, 0.25) is 5.91 Å². The molecule has 0 fully saturated rings. The van der Waals surface area contributed by atoms with Crippen LogP contribution in [-0.4, -0.2) is 12.5 Å². The Kier molecular flexibility index (Phi) is 5.42. The minimum Gasteiger partial charge on any atom is -0.383 e. The van der Waals surface area contributed by atoms with Gasteiger partial charge in [0.1, 0.15) is 5.82 Å². The minimum absolute atomic E-state index is 0.170. The summed E-state index contributed by atoms with van der Waals surface area (Å²) in [6.07, 6.45) is 0.178. The summed E-state index contributed by atoms with van der Waals surface area (Å²) in [7, 11) is 0. The Hall–Kier alpha value is -1.78. The number of hydrogen-bond donors (Lipinski definition) is 2. The Labute approximate surface area is 132 Å². The smallest absolute Gasteiger partial charge is 0.226 e. The fourth-order valence-electron chi connectivity index (χ4n) is 1.72. The Morgan fingerprint density at radius 1 is 1.10 bits per heavy atom. The fourth-order valence-corrected chi connectivity index (χ4v) is 2.08. The molecular weight excluding hydrogens is 314 g/mol. The standard InChI is InChI=1S/C15H13Cl2FN2O/c16-10-5-6-11(17)14(9-10)19-8-7-15(21)20-13-4-2-1-3-12(13)18/h1-6,9,19H,7-8H2,(H,20,21). The second-order valence-corrected chi connectivity index (χ2v) is 5.17. The third kappa shape index (κ3) is 4.62. The molecule has 0 atom stereocenters. The molecule has 0 heterocycles. The SMILES string of the molecule is O=C(CCNc1cc(Cl)ccc1Cl)Nc1ccccc1F. The Balaban J connectivity index is 1.85. The average Bonchev–Trinajstić information content (AvgIpc) is 2.45.